The van der Waals surface area contributed by atoms with Crippen LogP contribution in [0.2, 0.25) is 0 Å². The molecular weight excluding hydrogens is 292 g/mol. The number of carbonyl (C=O) groups is 2. The maximum Gasteiger partial charge on any atom is 0.244 e. The summed E-state index contributed by atoms with van der Waals surface area (Å²) in [6, 6.07) is 5.89. The van der Waals surface area contributed by atoms with E-state index in [0.717, 1.165) is 36.3 Å². The van der Waals surface area contributed by atoms with Gasteiger partial charge in [0, 0.05) is 18.8 Å². The monoisotopic (exact) mass is 318 g/mol. The van der Waals surface area contributed by atoms with E-state index in [2.05, 4.69) is 5.32 Å². The molecule has 0 bridgehead atoms. The lowest BCUT2D eigenvalue weighted by molar-refractivity contribution is -0.141. The van der Waals surface area contributed by atoms with Gasteiger partial charge in [0.2, 0.25) is 11.8 Å². The minimum atomic E-state index is -0.158. The highest BCUT2D eigenvalue weighted by atomic mass is 16.5. The molecule has 2 rings (SSSR count). The number of benzene rings is 1. The van der Waals surface area contributed by atoms with Crippen LogP contribution >= 0.6 is 0 Å². The zero-order chi connectivity index (χ0) is 16.8. The Morgan fingerprint density at radius 2 is 2.00 bits per heavy atom. The summed E-state index contributed by atoms with van der Waals surface area (Å²) in [5, 5.41) is 2.94. The lowest BCUT2D eigenvalue weighted by Crippen LogP contribution is -2.43. The molecule has 2 amide bonds. The van der Waals surface area contributed by atoms with E-state index in [1.54, 1.807) is 4.90 Å². The van der Waals surface area contributed by atoms with Gasteiger partial charge in [0.05, 0.1) is 19.1 Å². The van der Waals surface area contributed by atoms with Crippen LogP contribution in [0, 0.1) is 19.8 Å². The molecule has 0 spiro atoms. The van der Waals surface area contributed by atoms with Gasteiger partial charge in [0.25, 0.3) is 0 Å². The number of nitrogens with zero attached hydrogens (tertiary/aromatic N) is 1. The number of aryl methyl sites for hydroxylation is 2. The first kappa shape index (κ1) is 17.5. The van der Waals surface area contributed by atoms with Crippen molar-refractivity contribution in [2.24, 2.45) is 5.92 Å². The highest BCUT2D eigenvalue weighted by Crippen LogP contribution is 2.20. The third kappa shape index (κ3) is 4.55. The van der Waals surface area contributed by atoms with E-state index >= 15 is 0 Å². The van der Waals surface area contributed by atoms with Crippen molar-refractivity contribution in [3.05, 3.63) is 29.3 Å². The Hall–Kier alpha value is -1.88. The molecule has 1 N–H and O–H groups in total. The first-order valence-electron chi connectivity index (χ1n) is 8.25. The van der Waals surface area contributed by atoms with Crippen LogP contribution < -0.4 is 5.32 Å². The molecule has 5 heteroatoms. The summed E-state index contributed by atoms with van der Waals surface area (Å²) in [6.07, 6.45) is 1.75. The Kier molecular flexibility index (Phi) is 6.16. The number of nitrogens with one attached hydrogen (secondary N) is 1. The van der Waals surface area contributed by atoms with E-state index in [0.29, 0.717) is 13.2 Å². The van der Waals surface area contributed by atoms with Crippen LogP contribution in [0.3, 0.4) is 0 Å². The SMILES string of the molecule is CCN(CC(=O)Nc1c(C)cccc1C)C(=O)[C@H]1CCCOC1. The second kappa shape index (κ2) is 8.11. The van der Waals surface area contributed by atoms with E-state index < -0.39 is 0 Å². The highest BCUT2D eigenvalue weighted by Gasteiger charge is 2.27. The van der Waals surface area contributed by atoms with Crippen molar-refractivity contribution >= 4 is 17.5 Å². The number of anilines is 1. The quantitative estimate of drug-likeness (QED) is 0.907. The second-order valence-corrected chi connectivity index (χ2v) is 6.08. The van der Waals surface area contributed by atoms with Gasteiger partial charge in [-0.15, -0.1) is 0 Å². The number of carbonyl (C=O) groups excluding carboxylic acids is 2. The van der Waals surface area contributed by atoms with Crippen LogP contribution in [0.25, 0.3) is 0 Å². The van der Waals surface area contributed by atoms with Gasteiger partial charge in [-0.3, -0.25) is 9.59 Å². The molecule has 1 aliphatic heterocycles. The molecule has 1 saturated heterocycles. The topological polar surface area (TPSA) is 58.6 Å². The molecule has 0 saturated carbocycles. The van der Waals surface area contributed by atoms with Crippen molar-refractivity contribution < 1.29 is 14.3 Å². The first-order chi connectivity index (χ1) is 11.0. The Morgan fingerprint density at radius 1 is 1.30 bits per heavy atom. The molecule has 1 aliphatic rings. The Morgan fingerprint density at radius 3 is 2.57 bits per heavy atom. The molecule has 5 nitrogen and oxygen atoms in total. The number of rotatable bonds is 5. The molecule has 1 aromatic carbocycles. The van der Waals surface area contributed by atoms with Crippen LogP contribution in [0.5, 0.6) is 0 Å². The van der Waals surface area contributed by atoms with Gasteiger partial charge in [0.15, 0.2) is 0 Å². The Labute approximate surface area is 138 Å². The summed E-state index contributed by atoms with van der Waals surface area (Å²) in [7, 11) is 0. The highest BCUT2D eigenvalue weighted by molar-refractivity contribution is 5.96. The molecule has 0 aromatic heterocycles. The summed E-state index contributed by atoms with van der Waals surface area (Å²) in [5.74, 6) is -0.255. The average molecular weight is 318 g/mol. The van der Waals surface area contributed by atoms with Gasteiger partial charge < -0.3 is 15.0 Å². The number of likely N-dealkylation sites (N-methyl/N-ethyl adjacent to an activating group) is 1. The average Bonchev–Trinajstić information content (AvgIpc) is 2.56. The van der Waals surface area contributed by atoms with E-state index in [4.69, 9.17) is 4.74 Å². The summed E-state index contributed by atoms with van der Waals surface area (Å²) in [6.45, 7) is 7.62. The maximum atomic E-state index is 12.5. The number of ether oxygens (including phenoxy) is 1. The molecule has 1 fully saturated rings. The standard InChI is InChI=1S/C18H26N2O3/c1-4-20(18(22)15-9-6-10-23-12-15)11-16(21)19-17-13(2)7-5-8-14(17)3/h5,7-8,15H,4,6,9-12H2,1-3H3,(H,19,21)/t15-/m0/s1. The number of para-hydroxylation sites is 1. The van der Waals surface area contributed by atoms with Crippen molar-refractivity contribution in [3.63, 3.8) is 0 Å². The predicted molar refractivity (Wildman–Crippen MR) is 90.3 cm³/mol. The molecule has 0 unspecified atom stereocenters. The Balaban J connectivity index is 1.98. The van der Waals surface area contributed by atoms with Gasteiger partial charge >= 0.3 is 0 Å². The Bertz CT molecular complexity index is 545. The van der Waals surface area contributed by atoms with E-state index in [1.165, 1.54) is 0 Å². The van der Waals surface area contributed by atoms with Crippen molar-refractivity contribution in [2.45, 2.75) is 33.6 Å². The van der Waals surface area contributed by atoms with Crippen molar-refractivity contribution in [1.29, 1.82) is 0 Å². The summed E-state index contributed by atoms with van der Waals surface area (Å²) in [5.41, 5.74) is 2.88. The number of hydrogen-bond donors (Lipinski definition) is 1. The molecule has 23 heavy (non-hydrogen) atoms. The van der Waals surface area contributed by atoms with E-state index in [-0.39, 0.29) is 24.3 Å². The van der Waals surface area contributed by atoms with Crippen LogP contribution in [0.15, 0.2) is 18.2 Å². The molecule has 1 atom stereocenters. The van der Waals surface area contributed by atoms with E-state index in [1.807, 2.05) is 39.0 Å². The zero-order valence-corrected chi connectivity index (χ0v) is 14.2. The summed E-state index contributed by atoms with van der Waals surface area (Å²) < 4.78 is 5.38. The summed E-state index contributed by atoms with van der Waals surface area (Å²) in [4.78, 5) is 26.5. The number of amides is 2. The molecule has 0 aliphatic carbocycles. The molecule has 126 valence electrons. The smallest absolute Gasteiger partial charge is 0.244 e. The van der Waals surface area contributed by atoms with Gasteiger partial charge in [0.1, 0.15) is 0 Å². The van der Waals surface area contributed by atoms with Crippen molar-refractivity contribution in [2.75, 3.05) is 31.6 Å². The molecule has 0 radical (unpaired) electrons. The maximum absolute atomic E-state index is 12.5. The third-order valence-corrected chi connectivity index (χ3v) is 4.28. The minimum absolute atomic E-state index is 0.0175. The summed E-state index contributed by atoms with van der Waals surface area (Å²) >= 11 is 0. The lowest BCUT2D eigenvalue weighted by Gasteiger charge is -2.28. The second-order valence-electron chi connectivity index (χ2n) is 6.08. The van der Waals surface area contributed by atoms with Gasteiger partial charge in [-0.2, -0.15) is 0 Å². The van der Waals surface area contributed by atoms with Crippen LogP contribution in [-0.4, -0.2) is 43.0 Å². The first-order valence-corrected chi connectivity index (χ1v) is 8.25. The largest absolute Gasteiger partial charge is 0.381 e. The van der Waals surface area contributed by atoms with Gasteiger partial charge in [-0.05, 0) is 44.7 Å². The molecule has 1 heterocycles. The lowest BCUT2D eigenvalue weighted by atomic mass is 10.0. The zero-order valence-electron chi connectivity index (χ0n) is 14.2. The van der Waals surface area contributed by atoms with Crippen LogP contribution in [0.1, 0.15) is 30.9 Å². The van der Waals surface area contributed by atoms with Gasteiger partial charge in [-0.25, -0.2) is 0 Å². The number of hydrogen-bond acceptors (Lipinski definition) is 3. The fraction of sp³-hybridized carbons (Fsp3) is 0.556. The van der Waals surface area contributed by atoms with E-state index in [9.17, 15) is 9.59 Å². The van der Waals surface area contributed by atoms with Crippen LogP contribution in [-0.2, 0) is 14.3 Å². The molecule has 1 aromatic rings. The fourth-order valence-electron chi connectivity index (χ4n) is 2.90. The van der Waals surface area contributed by atoms with Crippen molar-refractivity contribution in [1.82, 2.24) is 4.90 Å². The predicted octanol–water partition coefficient (Wildman–Crippen LogP) is 2.52. The van der Waals surface area contributed by atoms with Gasteiger partial charge in [-0.1, -0.05) is 18.2 Å². The normalized spacial score (nSPS) is 17.6. The fourth-order valence-corrected chi connectivity index (χ4v) is 2.90. The molecular formula is C18H26N2O3. The van der Waals surface area contributed by atoms with Crippen LogP contribution in [0.4, 0.5) is 5.69 Å². The minimum Gasteiger partial charge on any atom is -0.381 e. The third-order valence-electron chi connectivity index (χ3n) is 4.28. The van der Waals surface area contributed by atoms with Crippen molar-refractivity contribution in [3.8, 4) is 0 Å².